The van der Waals surface area contributed by atoms with Gasteiger partial charge in [0.05, 0.1) is 12.2 Å². The molecule has 1 aliphatic rings. The second-order valence-corrected chi connectivity index (χ2v) is 3.27. The highest BCUT2D eigenvalue weighted by Gasteiger charge is 2.21. The van der Waals surface area contributed by atoms with E-state index in [1.165, 1.54) is 11.1 Å². The zero-order valence-electron chi connectivity index (χ0n) is 7.88. The smallest absolute Gasteiger partial charge is 0.407 e. The maximum Gasteiger partial charge on any atom is 0.407 e. The van der Waals surface area contributed by atoms with Gasteiger partial charge in [-0.25, -0.2) is 14.8 Å². The molecule has 0 atom stereocenters. The van der Waals surface area contributed by atoms with Crippen LogP contribution in [0.4, 0.5) is 4.79 Å². The van der Waals surface area contributed by atoms with Gasteiger partial charge in [0.15, 0.2) is 12.1 Å². The van der Waals surface area contributed by atoms with Crippen LogP contribution in [-0.2, 0) is 13.0 Å². The van der Waals surface area contributed by atoms with Crippen molar-refractivity contribution in [1.29, 1.82) is 0 Å². The first-order valence-corrected chi connectivity index (χ1v) is 4.48. The number of fused-ring (bicyclic) bond motifs is 1. The van der Waals surface area contributed by atoms with Gasteiger partial charge < -0.3 is 10.0 Å². The summed E-state index contributed by atoms with van der Waals surface area (Å²) in [7, 11) is 0. The van der Waals surface area contributed by atoms with E-state index in [-0.39, 0.29) is 5.82 Å². The lowest BCUT2D eigenvalue weighted by molar-refractivity contribution is 0.111. The molecule has 78 valence electrons. The number of aromatic nitrogens is 2. The molecule has 1 aromatic heterocycles. The van der Waals surface area contributed by atoms with Crippen molar-refractivity contribution < 1.29 is 14.7 Å². The molecule has 0 bridgehead atoms. The van der Waals surface area contributed by atoms with Crippen molar-refractivity contribution in [2.45, 2.75) is 13.0 Å². The SMILES string of the molecule is O=Cc1ncc2c(n1)CCN(C(=O)O)C2. The van der Waals surface area contributed by atoms with Crippen LogP contribution in [0.3, 0.4) is 0 Å². The van der Waals surface area contributed by atoms with Gasteiger partial charge in [0.2, 0.25) is 0 Å². The number of hydrogen-bond donors (Lipinski definition) is 1. The van der Waals surface area contributed by atoms with Crippen LogP contribution in [0.25, 0.3) is 0 Å². The third kappa shape index (κ3) is 1.78. The minimum absolute atomic E-state index is 0.150. The van der Waals surface area contributed by atoms with E-state index < -0.39 is 6.09 Å². The molecule has 0 saturated heterocycles. The Balaban J connectivity index is 2.28. The van der Waals surface area contributed by atoms with E-state index in [1.54, 1.807) is 0 Å². The van der Waals surface area contributed by atoms with Crippen LogP contribution in [-0.4, -0.2) is 38.9 Å². The molecule has 0 aliphatic carbocycles. The summed E-state index contributed by atoms with van der Waals surface area (Å²) in [5, 5.41) is 8.79. The number of carbonyl (C=O) groups is 2. The fraction of sp³-hybridized carbons (Fsp3) is 0.333. The summed E-state index contributed by atoms with van der Waals surface area (Å²) >= 11 is 0. The van der Waals surface area contributed by atoms with E-state index in [0.717, 1.165) is 11.3 Å². The first-order chi connectivity index (χ1) is 7.20. The summed E-state index contributed by atoms with van der Waals surface area (Å²) in [6, 6.07) is 0. The maximum atomic E-state index is 10.7. The van der Waals surface area contributed by atoms with Gasteiger partial charge >= 0.3 is 6.09 Å². The summed E-state index contributed by atoms with van der Waals surface area (Å²) in [5.41, 5.74) is 1.54. The third-order valence-electron chi connectivity index (χ3n) is 2.33. The molecule has 1 amide bonds. The Bertz CT molecular complexity index is 419. The van der Waals surface area contributed by atoms with Gasteiger partial charge in [-0.3, -0.25) is 4.79 Å². The molecule has 15 heavy (non-hydrogen) atoms. The maximum absolute atomic E-state index is 10.7. The number of carbonyl (C=O) groups excluding carboxylic acids is 1. The molecular weight excluding hydrogens is 198 g/mol. The fourth-order valence-electron chi connectivity index (χ4n) is 1.55. The Morgan fingerprint density at radius 1 is 1.60 bits per heavy atom. The molecule has 0 spiro atoms. The normalized spacial score (nSPS) is 14.5. The monoisotopic (exact) mass is 207 g/mol. The van der Waals surface area contributed by atoms with Gasteiger partial charge in [-0.05, 0) is 0 Å². The van der Waals surface area contributed by atoms with Crippen molar-refractivity contribution in [1.82, 2.24) is 14.9 Å². The number of rotatable bonds is 1. The molecule has 6 nitrogen and oxygen atoms in total. The van der Waals surface area contributed by atoms with E-state index in [2.05, 4.69) is 9.97 Å². The van der Waals surface area contributed by atoms with Crippen LogP contribution in [0.5, 0.6) is 0 Å². The number of amides is 1. The average Bonchev–Trinajstić information content (AvgIpc) is 2.27. The van der Waals surface area contributed by atoms with Crippen molar-refractivity contribution >= 4 is 12.4 Å². The van der Waals surface area contributed by atoms with Gasteiger partial charge in [0, 0.05) is 24.7 Å². The van der Waals surface area contributed by atoms with E-state index >= 15 is 0 Å². The summed E-state index contributed by atoms with van der Waals surface area (Å²) in [4.78, 5) is 30.3. The lowest BCUT2D eigenvalue weighted by Crippen LogP contribution is -2.35. The molecule has 0 aromatic carbocycles. The van der Waals surface area contributed by atoms with Crippen molar-refractivity contribution in [2.75, 3.05) is 6.54 Å². The lowest BCUT2D eigenvalue weighted by atomic mass is 10.1. The number of aldehydes is 1. The van der Waals surface area contributed by atoms with E-state index in [0.29, 0.717) is 25.8 Å². The van der Waals surface area contributed by atoms with E-state index in [4.69, 9.17) is 5.11 Å². The fourth-order valence-corrected chi connectivity index (χ4v) is 1.55. The summed E-state index contributed by atoms with van der Waals surface area (Å²) in [6.07, 6.45) is 1.69. The Hall–Kier alpha value is -1.98. The third-order valence-corrected chi connectivity index (χ3v) is 2.33. The van der Waals surface area contributed by atoms with Crippen LogP contribution in [0.2, 0.25) is 0 Å². The highest BCUT2D eigenvalue weighted by Crippen LogP contribution is 2.15. The van der Waals surface area contributed by atoms with Gasteiger partial charge in [-0.15, -0.1) is 0 Å². The largest absolute Gasteiger partial charge is 0.465 e. The Morgan fingerprint density at radius 2 is 2.40 bits per heavy atom. The van der Waals surface area contributed by atoms with Crippen LogP contribution >= 0.6 is 0 Å². The summed E-state index contributed by atoms with van der Waals surface area (Å²) in [6.45, 7) is 0.710. The topological polar surface area (TPSA) is 83.4 Å². The molecule has 0 radical (unpaired) electrons. The van der Waals surface area contributed by atoms with Crippen LogP contribution < -0.4 is 0 Å². The minimum Gasteiger partial charge on any atom is -0.465 e. The van der Waals surface area contributed by atoms with Gasteiger partial charge in [0.1, 0.15) is 0 Å². The number of nitrogens with zero attached hydrogens (tertiary/aromatic N) is 3. The zero-order valence-corrected chi connectivity index (χ0v) is 7.88. The number of carboxylic acid groups (broad SMARTS) is 1. The van der Waals surface area contributed by atoms with Gasteiger partial charge in [0.25, 0.3) is 0 Å². The lowest BCUT2D eigenvalue weighted by Gasteiger charge is -2.25. The quantitative estimate of drug-likeness (QED) is 0.670. The van der Waals surface area contributed by atoms with E-state index in [9.17, 15) is 9.59 Å². The second kappa shape index (κ2) is 3.64. The van der Waals surface area contributed by atoms with Crippen LogP contribution in [0.15, 0.2) is 6.20 Å². The Morgan fingerprint density at radius 3 is 3.07 bits per heavy atom. The van der Waals surface area contributed by atoms with Crippen molar-refractivity contribution in [2.24, 2.45) is 0 Å². The standard InChI is InChI=1S/C9H9N3O3/c13-5-8-10-3-6-4-12(9(14)15)2-1-7(6)11-8/h3,5H,1-2,4H2,(H,14,15). The molecule has 1 aromatic rings. The molecular formula is C9H9N3O3. The van der Waals surface area contributed by atoms with Gasteiger partial charge in [-0.1, -0.05) is 0 Å². The van der Waals surface area contributed by atoms with Gasteiger partial charge in [-0.2, -0.15) is 0 Å². The molecule has 0 fully saturated rings. The Labute approximate surface area is 85.6 Å². The first-order valence-electron chi connectivity index (χ1n) is 4.48. The molecule has 1 N–H and O–H groups in total. The van der Waals surface area contributed by atoms with E-state index in [1.807, 2.05) is 0 Å². The second-order valence-electron chi connectivity index (χ2n) is 3.27. The molecule has 2 heterocycles. The zero-order chi connectivity index (χ0) is 10.8. The first kappa shape index (κ1) is 9.57. The summed E-state index contributed by atoms with van der Waals surface area (Å²) in [5.74, 6) is 0.150. The van der Waals surface area contributed by atoms with Crippen molar-refractivity contribution in [3.63, 3.8) is 0 Å². The molecule has 1 aliphatic heterocycles. The van der Waals surface area contributed by atoms with Crippen LogP contribution in [0.1, 0.15) is 21.9 Å². The molecule has 2 rings (SSSR count). The predicted octanol–water partition coefficient (Wildman–Crippen LogP) is 0.325. The van der Waals surface area contributed by atoms with Crippen LogP contribution in [0, 0.1) is 0 Å². The van der Waals surface area contributed by atoms with Crippen molar-refractivity contribution in [3.05, 3.63) is 23.3 Å². The predicted molar refractivity (Wildman–Crippen MR) is 49.6 cm³/mol. The highest BCUT2D eigenvalue weighted by atomic mass is 16.4. The highest BCUT2D eigenvalue weighted by molar-refractivity contribution is 5.69. The summed E-state index contributed by atoms with van der Waals surface area (Å²) < 4.78 is 0. The Kier molecular flexibility index (Phi) is 2.32. The molecule has 0 saturated carbocycles. The minimum atomic E-state index is -0.944. The number of hydrogen-bond acceptors (Lipinski definition) is 4. The molecule has 6 heteroatoms. The van der Waals surface area contributed by atoms with Crippen molar-refractivity contribution in [3.8, 4) is 0 Å². The molecule has 0 unspecified atom stereocenters. The average molecular weight is 207 g/mol.